The van der Waals surface area contributed by atoms with Crippen molar-refractivity contribution in [2.24, 2.45) is 5.92 Å². The van der Waals surface area contributed by atoms with Crippen molar-refractivity contribution in [1.29, 1.82) is 0 Å². The van der Waals surface area contributed by atoms with Crippen LogP contribution in [0.1, 0.15) is 49.8 Å². The Bertz CT molecular complexity index is 990. The zero-order valence-electron chi connectivity index (χ0n) is 17.6. The molecule has 0 radical (unpaired) electrons. The molecule has 0 bridgehead atoms. The molecule has 1 amide bonds. The third-order valence-electron chi connectivity index (χ3n) is 6.09. The number of rotatable bonds is 6. The highest BCUT2D eigenvalue weighted by atomic mass is 19.1. The number of benzene rings is 1. The number of amides is 1. The highest BCUT2D eigenvalue weighted by Gasteiger charge is 2.25. The number of piperidine rings is 1. The van der Waals surface area contributed by atoms with E-state index in [0.29, 0.717) is 12.5 Å². The van der Waals surface area contributed by atoms with Crippen LogP contribution in [0.4, 0.5) is 4.39 Å². The number of aromatic amines is 1. The summed E-state index contributed by atoms with van der Waals surface area (Å²) in [6, 6.07) is 10.4. The number of H-pyrrole nitrogens is 1. The van der Waals surface area contributed by atoms with Crippen LogP contribution in [0.5, 0.6) is 0 Å². The van der Waals surface area contributed by atoms with Gasteiger partial charge < -0.3 is 10.3 Å². The van der Waals surface area contributed by atoms with E-state index < -0.39 is 0 Å². The SMILES string of the molecule is CC(C)C(NC(=O)CN1CCC(c2c[nH]c3ncccc23)CC1)c1ccc(F)cc1. The molecule has 5 nitrogen and oxygen atoms in total. The van der Waals surface area contributed by atoms with Gasteiger partial charge in [0.25, 0.3) is 0 Å². The number of hydrogen-bond donors (Lipinski definition) is 2. The van der Waals surface area contributed by atoms with Gasteiger partial charge in [0.1, 0.15) is 11.5 Å². The molecule has 4 rings (SSSR count). The minimum absolute atomic E-state index is 0.0211. The van der Waals surface area contributed by atoms with Crippen molar-refractivity contribution in [2.45, 2.75) is 38.6 Å². The molecule has 1 aliphatic heterocycles. The Morgan fingerprint density at radius 2 is 1.97 bits per heavy atom. The molecule has 0 aliphatic carbocycles. The van der Waals surface area contributed by atoms with Crippen molar-refractivity contribution in [1.82, 2.24) is 20.2 Å². The molecule has 6 heteroatoms. The highest BCUT2D eigenvalue weighted by Crippen LogP contribution is 2.32. The van der Waals surface area contributed by atoms with Gasteiger partial charge >= 0.3 is 0 Å². The van der Waals surface area contributed by atoms with E-state index in [1.165, 1.54) is 23.1 Å². The van der Waals surface area contributed by atoms with Crippen LogP contribution in [0.15, 0.2) is 48.8 Å². The monoisotopic (exact) mass is 408 g/mol. The lowest BCUT2D eigenvalue weighted by Crippen LogP contribution is -2.43. The number of carbonyl (C=O) groups excluding carboxylic acids is 1. The molecule has 3 aromatic rings. The minimum Gasteiger partial charge on any atom is -0.348 e. The topological polar surface area (TPSA) is 61.0 Å². The first-order valence-corrected chi connectivity index (χ1v) is 10.7. The second kappa shape index (κ2) is 8.96. The first-order valence-electron chi connectivity index (χ1n) is 10.7. The lowest BCUT2D eigenvalue weighted by atomic mass is 9.89. The summed E-state index contributed by atoms with van der Waals surface area (Å²) in [5.41, 5.74) is 3.21. The van der Waals surface area contributed by atoms with E-state index in [-0.39, 0.29) is 23.7 Å². The summed E-state index contributed by atoms with van der Waals surface area (Å²) in [6.45, 7) is 6.32. The van der Waals surface area contributed by atoms with Gasteiger partial charge in [0, 0.05) is 17.8 Å². The van der Waals surface area contributed by atoms with Gasteiger partial charge in [-0.15, -0.1) is 0 Å². The summed E-state index contributed by atoms with van der Waals surface area (Å²) in [7, 11) is 0. The number of pyridine rings is 1. The number of halogens is 1. The third kappa shape index (κ3) is 4.54. The van der Waals surface area contributed by atoms with Gasteiger partial charge in [0.2, 0.25) is 5.91 Å². The second-order valence-corrected chi connectivity index (χ2v) is 8.53. The van der Waals surface area contributed by atoms with Crippen molar-refractivity contribution >= 4 is 16.9 Å². The number of nitrogens with one attached hydrogen (secondary N) is 2. The lowest BCUT2D eigenvalue weighted by Gasteiger charge is -2.32. The van der Waals surface area contributed by atoms with Crippen LogP contribution >= 0.6 is 0 Å². The Labute approximate surface area is 176 Å². The Kier molecular flexibility index (Phi) is 6.13. The molecule has 3 heterocycles. The Balaban J connectivity index is 1.33. The van der Waals surface area contributed by atoms with E-state index in [1.54, 1.807) is 18.3 Å². The predicted molar refractivity (Wildman–Crippen MR) is 117 cm³/mol. The molecule has 0 saturated carbocycles. The molecule has 1 fully saturated rings. The molecule has 158 valence electrons. The van der Waals surface area contributed by atoms with Crippen LogP contribution in [0, 0.1) is 11.7 Å². The van der Waals surface area contributed by atoms with Crippen LogP contribution in [0.2, 0.25) is 0 Å². The molecular weight excluding hydrogens is 379 g/mol. The van der Waals surface area contributed by atoms with Crippen molar-refractivity contribution in [2.75, 3.05) is 19.6 Å². The quantitative estimate of drug-likeness (QED) is 0.636. The molecule has 1 aromatic carbocycles. The minimum atomic E-state index is -0.263. The zero-order chi connectivity index (χ0) is 21.1. The van der Waals surface area contributed by atoms with Crippen LogP contribution in [0.3, 0.4) is 0 Å². The Morgan fingerprint density at radius 1 is 1.23 bits per heavy atom. The summed E-state index contributed by atoms with van der Waals surface area (Å²) < 4.78 is 13.2. The van der Waals surface area contributed by atoms with Gasteiger partial charge in [-0.05, 0) is 73.2 Å². The van der Waals surface area contributed by atoms with Crippen molar-refractivity contribution in [3.8, 4) is 0 Å². The first kappa shape index (κ1) is 20.5. The average molecular weight is 409 g/mol. The highest BCUT2D eigenvalue weighted by molar-refractivity contribution is 5.80. The molecule has 2 N–H and O–H groups in total. The van der Waals surface area contributed by atoms with Gasteiger partial charge in [-0.2, -0.15) is 0 Å². The molecule has 1 unspecified atom stereocenters. The first-order chi connectivity index (χ1) is 14.5. The van der Waals surface area contributed by atoms with Gasteiger partial charge in [0.15, 0.2) is 0 Å². The van der Waals surface area contributed by atoms with Crippen LogP contribution in [0.25, 0.3) is 11.0 Å². The molecule has 2 aromatic heterocycles. The van der Waals surface area contributed by atoms with Crippen LogP contribution < -0.4 is 5.32 Å². The second-order valence-electron chi connectivity index (χ2n) is 8.53. The number of hydrogen-bond acceptors (Lipinski definition) is 3. The van der Waals surface area contributed by atoms with Crippen molar-refractivity contribution < 1.29 is 9.18 Å². The van der Waals surface area contributed by atoms with E-state index in [0.717, 1.165) is 37.1 Å². The number of likely N-dealkylation sites (tertiary alicyclic amines) is 1. The van der Waals surface area contributed by atoms with Gasteiger partial charge in [0.05, 0.1) is 12.6 Å². The molecule has 30 heavy (non-hydrogen) atoms. The summed E-state index contributed by atoms with van der Waals surface area (Å²) in [5.74, 6) is 0.472. The number of nitrogens with zero attached hydrogens (tertiary/aromatic N) is 2. The Morgan fingerprint density at radius 3 is 2.67 bits per heavy atom. The summed E-state index contributed by atoms with van der Waals surface area (Å²) in [6.07, 6.45) is 5.95. The van der Waals surface area contributed by atoms with E-state index >= 15 is 0 Å². The standard InChI is InChI=1S/C24H29FN4O/c1-16(2)23(18-5-7-19(25)8-6-18)28-22(30)15-29-12-9-17(10-13-29)21-14-27-24-20(21)4-3-11-26-24/h3-8,11,14,16-17,23H,9-10,12-13,15H2,1-2H3,(H,26,27)(H,28,30). The lowest BCUT2D eigenvalue weighted by molar-refractivity contribution is -0.123. The van der Waals surface area contributed by atoms with E-state index in [1.807, 2.05) is 6.07 Å². The fraction of sp³-hybridized carbons (Fsp3) is 0.417. The zero-order valence-corrected chi connectivity index (χ0v) is 17.6. The molecule has 1 atom stereocenters. The summed E-state index contributed by atoms with van der Waals surface area (Å²) in [4.78, 5) is 22.6. The smallest absolute Gasteiger partial charge is 0.234 e. The molecule has 0 spiro atoms. The third-order valence-corrected chi connectivity index (χ3v) is 6.09. The van der Waals surface area contributed by atoms with Gasteiger partial charge in [-0.25, -0.2) is 9.37 Å². The van der Waals surface area contributed by atoms with Crippen molar-refractivity contribution in [3.63, 3.8) is 0 Å². The maximum atomic E-state index is 13.2. The largest absolute Gasteiger partial charge is 0.348 e. The average Bonchev–Trinajstić information content (AvgIpc) is 3.17. The molecule has 1 saturated heterocycles. The van der Waals surface area contributed by atoms with Gasteiger partial charge in [-0.3, -0.25) is 9.69 Å². The van der Waals surface area contributed by atoms with E-state index in [9.17, 15) is 9.18 Å². The number of fused-ring (bicyclic) bond motifs is 1. The van der Waals surface area contributed by atoms with Crippen LogP contribution in [-0.4, -0.2) is 40.4 Å². The van der Waals surface area contributed by atoms with Gasteiger partial charge in [-0.1, -0.05) is 26.0 Å². The fourth-order valence-corrected chi connectivity index (χ4v) is 4.44. The van der Waals surface area contributed by atoms with Crippen molar-refractivity contribution in [3.05, 3.63) is 65.7 Å². The van der Waals surface area contributed by atoms with E-state index in [2.05, 4.69) is 46.3 Å². The summed E-state index contributed by atoms with van der Waals surface area (Å²) >= 11 is 0. The maximum Gasteiger partial charge on any atom is 0.234 e. The Hall–Kier alpha value is -2.73. The number of carbonyl (C=O) groups is 1. The number of aromatic nitrogens is 2. The predicted octanol–water partition coefficient (Wildman–Crippen LogP) is 4.39. The summed E-state index contributed by atoms with van der Waals surface area (Å²) in [5, 5.41) is 4.35. The normalized spacial score (nSPS) is 16.8. The van der Waals surface area contributed by atoms with E-state index in [4.69, 9.17) is 0 Å². The fourth-order valence-electron chi connectivity index (χ4n) is 4.44. The molecule has 1 aliphatic rings. The van der Waals surface area contributed by atoms with Crippen LogP contribution in [-0.2, 0) is 4.79 Å². The molecular formula is C24H29FN4O. The maximum absolute atomic E-state index is 13.2.